The highest BCUT2D eigenvalue weighted by molar-refractivity contribution is 7.28. The molecule has 0 aromatic carbocycles. The Balaban J connectivity index is 2.31. The standard InChI is InChI=1S/C12H19OPSi/c1-15(2,3)13-12-9-14-8-10-6-4-5-7-11(10)12/h8-9H,4-7H2,1-3H3. The Morgan fingerprint density at radius 1 is 1.13 bits per heavy atom. The number of aryl methyl sites for hydroxylation is 1. The van der Waals surface area contributed by atoms with Gasteiger partial charge in [-0.2, -0.15) is 0 Å². The van der Waals surface area contributed by atoms with Crippen molar-refractivity contribution in [3.05, 3.63) is 22.7 Å². The summed E-state index contributed by atoms with van der Waals surface area (Å²) < 4.78 is 6.16. The van der Waals surface area contributed by atoms with Crippen molar-refractivity contribution in [3.8, 4) is 5.75 Å². The summed E-state index contributed by atoms with van der Waals surface area (Å²) in [6.07, 6.45) is 5.16. The maximum Gasteiger partial charge on any atom is 0.242 e. The average Bonchev–Trinajstić information content (AvgIpc) is 2.16. The minimum absolute atomic E-state index is 1.20. The second kappa shape index (κ2) is 4.27. The summed E-state index contributed by atoms with van der Waals surface area (Å²) in [5, 5.41) is 0. The van der Waals surface area contributed by atoms with E-state index in [1.165, 1.54) is 45.2 Å². The van der Waals surface area contributed by atoms with E-state index >= 15 is 0 Å². The van der Waals surface area contributed by atoms with E-state index in [0.29, 0.717) is 0 Å². The van der Waals surface area contributed by atoms with Crippen molar-refractivity contribution >= 4 is 16.5 Å². The van der Waals surface area contributed by atoms with Crippen LogP contribution in [0.25, 0.3) is 0 Å². The molecule has 1 aromatic rings. The molecule has 0 saturated heterocycles. The van der Waals surface area contributed by atoms with Gasteiger partial charge in [-0.25, -0.2) is 0 Å². The topological polar surface area (TPSA) is 9.23 Å². The first-order chi connectivity index (χ1) is 7.06. The fraction of sp³-hybridized carbons (Fsp3) is 0.583. The molecule has 0 amide bonds. The summed E-state index contributed by atoms with van der Waals surface area (Å²) in [4.78, 5) is 0. The zero-order valence-corrected chi connectivity index (χ0v) is 11.7. The lowest BCUT2D eigenvalue weighted by molar-refractivity contribution is 0.540. The fourth-order valence-corrected chi connectivity index (χ4v) is 3.87. The molecular weight excluding hydrogens is 219 g/mol. The van der Waals surface area contributed by atoms with Gasteiger partial charge in [-0.15, -0.1) is 0 Å². The molecule has 1 nitrogen and oxygen atoms in total. The molecule has 0 radical (unpaired) electrons. The smallest absolute Gasteiger partial charge is 0.242 e. The summed E-state index contributed by atoms with van der Waals surface area (Å²) in [6, 6.07) is 0. The van der Waals surface area contributed by atoms with Gasteiger partial charge in [0.05, 0.1) is 0 Å². The first-order valence-corrected chi connectivity index (χ1v) is 10.2. The molecule has 0 saturated carbocycles. The SMILES string of the molecule is C[Si](C)(C)Oc1cpcc2c1CCCC2. The van der Waals surface area contributed by atoms with E-state index in [-0.39, 0.29) is 0 Å². The van der Waals surface area contributed by atoms with Crippen LogP contribution in [0.2, 0.25) is 19.6 Å². The summed E-state index contributed by atoms with van der Waals surface area (Å²) >= 11 is 0. The van der Waals surface area contributed by atoms with Crippen molar-refractivity contribution in [2.75, 3.05) is 0 Å². The Hall–Kier alpha value is -0.333. The molecule has 0 N–H and O–H groups in total. The molecule has 2 rings (SSSR count). The van der Waals surface area contributed by atoms with E-state index in [1.807, 2.05) is 0 Å². The predicted octanol–water partition coefficient (Wildman–Crippen LogP) is 4.36. The third-order valence-corrected chi connectivity index (χ3v) is 4.32. The first-order valence-electron chi connectivity index (χ1n) is 5.71. The second-order valence-corrected chi connectivity index (χ2v) is 10.4. The van der Waals surface area contributed by atoms with Gasteiger partial charge in [0.1, 0.15) is 5.75 Å². The Morgan fingerprint density at radius 3 is 2.60 bits per heavy atom. The van der Waals surface area contributed by atoms with E-state index in [0.717, 1.165) is 0 Å². The lowest BCUT2D eigenvalue weighted by Crippen LogP contribution is -2.30. The van der Waals surface area contributed by atoms with Crippen LogP contribution in [0, 0.1) is 0 Å². The molecule has 82 valence electrons. The zero-order valence-electron chi connectivity index (χ0n) is 9.84. The second-order valence-electron chi connectivity index (χ2n) is 5.20. The fourth-order valence-electron chi connectivity index (χ4n) is 2.04. The van der Waals surface area contributed by atoms with Gasteiger partial charge in [-0.05, 0) is 62.2 Å². The third-order valence-electron chi connectivity index (χ3n) is 2.65. The van der Waals surface area contributed by atoms with Crippen molar-refractivity contribution in [1.82, 2.24) is 0 Å². The summed E-state index contributed by atoms with van der Waals surface area (Å²) in [5.74, 6) is 5.79. The Morgan fingerprint density at radius 2 is 1.87 bits per heavy atom. The van der Waals surface area contributed by atoms with Crippen LogP contribution in [0.15, 0.2) is 11.6 Å². The minimum Gasteiger partial charge on any atom is -0.544 e. The zero-order chi connectivity index (χ0) is 10.9. The van der Waals surface area contributed by atoms with E-state index in [9.17, 15) is 0 Å². The van der Waals surface area contributed by atoms with Gasteiger partial charge >= 0.3 is 0 Å². The van der Waals surface area contributed by atoms with E-state index in [1.54, 1.807) is 5.56 Å². The predicted molar refractivity (Wildman–Crippen MR) is 69.6 cm³/mol. The lowest BCUT2D eigenvalue weighted by Gasteiger charge is -2.25. The Labute approximate surface area is 95.1 Å². The van der Waals surface area contributed by atoms with Crippen molar-refractivity contribution < 1.29 is 4.43 Å². The summed E-state index contributed by atoms with van der Waals surface area (Å²) in [7, 11) is -0.136. The van der Waals surface area contributed by atoms with Crippen LogP contribution >= 0.6 is 8.19 Å². The number of rotatable bonds is 2. The van der Waals surface area contributed by atoms with Crippen LogP contribution in [0.1, 0.15) is 24.0 Å². The Kier molecular flexibility index (Phi) is 3.18. The van der Waals surface area contributed by atoms with Crippen LogP contribution in [0.4, 0.5) is 0 Å². The van der Waals surface area contributed by atoms with Crippen molar-refractivity contribution in [2.45, 2.75) is 45.3 Å². The molecule has 1 heterocycles. The molecule has 15 heavy (non-hydrogen) atoms. The molecule has 0 unspecified atom stereocenters. The van der Waals surface area contributed by atoms with E-state index < -0.39 is 8.32 Å². The highest BCUT2D eigenvalue weighted by Crippen LogP contribution is 2.34. The summed E-state index contributed by atoms with van der Waals surface area (Å²) in [6.45, 7) is 6.77. The van der Waals surface area contributed by atoms with Crippen LogP contribution < -0.4 is 4.43 Å². The van der Waals surface area contributed by atoms with Crippen LogP contribution in [-0.2, 0) is 12.8 Å². The molecule has 0 bridgehead atoms. The van der Waals surface area contributed by atoms with Crippen molar-refractivity contribution in [1.29, 1.82) is 0 Å². The molecule has 1 aromatic heterocycles. The molecule has 0 atom stereocenters. The normalized spacial score (nSPS) is 16.5. The highest BCUT2D eigenvalue weighted by atomic mass is 31.0. The minimum atomic E-state index is -1.44. The van der Waals surface area contributed by atoms with Gasteiger partial charge in [-0.3, -0.25) is 0 Å². The summed E-state index contributed by atoms with van der Waals surface area (Å²) in [5.41, 5.74) is 3.06. The van der Waals surface area contributed by atoms with Gasteiger partial charge in [0.25, 0.3) is 0 Å². The maximum atomic E-state index is 6.16. The highest BCUT2D eigenvalue weighted by Gasteiger charge is 2.20. The Bertz CT molecular complexity index is 357. The molecule has 0 aliphatic heterocycles. The maximum absolute atomic E-state index is 6.16. The van der Waals surface area contributed by atoms with E-state index in [4.69, 9.17) is 4.43 Å². The van der Waals surface area contributed by atoms with E-state index in [2.05, 4.69) is 31.2 Å². The lowest BCUT2D eigenvalue weighted by atomic mass is 9.94. The molecule has 3 heteroatoms. The molecular formula is C12H19OPSi. The molecule has 1 aliphatic rings. The van der Waals surface area contributed by atoms with Crippen molar-refractivity contribution in [3.63, 3.8) is 0 Å². The van der Waals surface area contributed by atoms with Crippen LogP contribution in [0.3, 0.4) is 0 Å². The van der Waals surface area contributed by atoms with Crippen LogP contribution in [-0.4, -0.2) is 8.32 Å². The molecule has 0 fully saturated rings. The number of hydrogen-bond acceptors (Lipinski definition) is 1. The van der Waals surface area contributed by atoms with Gasteiger partial charge < -0.3 is 4.43 Å². The number of hydrogen-bond donors (Lipinski definition) is 0. The molecule has 1 aliphatic carbocycles. The van der Waals surface area contributed by atoms with Gasteiger partial charge in [0, 0.05) is 5.80 Å². The van der Waals surface area contributed by atoms with Gasteiger partial charge in [0.15, 0.2) is 0 Å². The third kappa shape index (κ3) is 2.82. The quantitative estimate of drug-likeness (QED) is 0.696. The van der Waals surface area contributed by atoms with Gasteiger partial charge in [-0.1, -0.05) is 8.19 Å². The number of fused-ring (bicyclic) bond motifs is 1. The van der Waals surface area contributed by atoms with Gasteiger partial charge in [0.2, 0.25) is 8.32 Å². The first kappa shape index (κ1) is 11.2. The average molecular weight is 238 g/mol. The largest absolute Gasteiger partial charge is 0.544 e. The monoisotopic (exact) mass is 238 g/mol. The van der Waals surface area contributed by atoms with Crippen molar-refractivity contribution in [2.24, 2.45) is 0 Å². The van der Waals surface area contributed by atoms with Crippen LogP contribution in [0.5, 0.6) is 5.75 Å². The molecule has 0 spiro atoms.